The van der Waals surface area contributed by atoms with Crippen LogP contribution in [0.1, 0.15) is 30.9 Å². The number of aromatic nitrogens is 1. The van der Waals surface area contributed by atoms with Gasteiger partial charge in [0.15, 0.2) is 0 Å². The Kier molecular flexibility index (Phi) is 2.52. The molecule has 0 radical (unpaired) electrons. The number of pyridine rings is 1. The topological polar surface area (TPSA) is 59.1 Å². The van der Waals surface area contributed by atoms with E-state index in [0.29, 0.717) is 12.5 Å². The summed E-state index contributed by atoms with van der Waals surface area (Å²) in [4.78, 5) is 4.31. The molecule has 2 unspecified atom stereocenters. The van der Waals surface area contributed by atoms with Crippen LogP contribution in [0.3, 0.4) is 0 Å². The zero-order valence-corrected chi connectivity index (χ0v) is 8.19. The van der Waals surface area contributed by atoms with Gasteiger partial charge in [-0.15, -0.1) is 0 Å². The molecule has 1 fully saturated rings. The molecule has 1 aliphatic rings. The fourth-order valence-corrected chi connectivity index (χ4v) is 2.16. The minimum atomic E-state index is -0.651. The van der Waals surface area contributed by atoms with Gasteiger partial charge >= 0.3 is 0 Å². The van der Waals surface area contributed by atoms with Gasteiger partial charge in [-0.1, -0.05) is 6.07 Å². The zero-order valence-electron chi connectivity index (χ0n) is 8.19. The second-order valence-electron chi connectivity index (χ2n) is 4.12. The van der Waals surface area contributed by atoms with E-state index in [1.165, 1.54) is 0 Å². The molecule has 0 saturated heterocycles. The molecule has 0 amide bonds. The third kappa shape index (κ3) is 1.79. The van der Waals surface area contributed by atoms with Gasteiger partial charge in [0.25, 0.3) is 0 Å². The lowest BCUT2D eigenvalue weighted by molar-refractivity contribution is 0.0553. The van der Waals surface area contributed by atoms with Gasteiger partial charge in [0.1, 0.15) is 0 Å². The van der Waals surface area contributed by atoms with Gasteiger partial charge in [-0.05, 0) is 31.4 Å². The summed E-state index contributed by atoms with van der Waals surface area (Å²) in [5, 5.41) is 9.98. The lowest BCUT2D eigenvalue weighted by Gasteiger charge is -2.19. The van der Waals surface area contributed by atoms with Crippen LogP contribution in [0.2, 0.25) is 0 Å². The maximum Gasteiger partial charge on any atom is 0.0776 e. The van der Waals surface area contributed by atoms with Crippen molar-refractivity contribution >= 4 is 0 Å². The molecule has 1 aromatic heterocycles. The quantitative estimate of drug-likeness (QED) is 0.736. The van der Waals surface area contributed by atoms with Crippen LogP contribution >= 0.6 is 0 Å². The van der Waals surface area contributed by atoms with Crippen LogP contribution in [0, 0.1) is 0 Å². The maximum atomic E-state index is 9.98. The number of nitrogens with two attached hydrogens (primary N) is 1. The van der Waals surface area contributed by atoms with Crippen LogP contribution < -0.4 is 5.73 Å². The van der Waals surface area contributed by atoms with Crippen LogP contribution in [-0.4, -0.2) is 22.2 Å². The molecule has 3 N–H and O–H groups in total. The summed E-state index contributed by atoms with van der Waals surface area (Å²) < 4.78 is 0. The molecule has 0 aromatic carbocycles. The minimum Gasteiger partial charge on any atom is -0.389 e. The van der Waals surface area contributed by atoms with E-state index in [0.717, 1.165) is 25.0 Å². The van der Waals surface area contributed by atoms with E-state index in [1.54, 1.807) is 6.20 Å². The van der Waals surface area contributed by atoms with Crippen LogP contribution in [0.5, 0.6) is 0 Å². The molecule has 0 bridgehead atoms. The monoisotopic (exact) mass is 192 g/mol. The summed E-state index contributed by atoms with van der Waals surface area (Å²) in [5.41, 5.74) is 5.97. The standard InChI is InChI=1S/C11H16N2O/c12-8-11(14)5-4-9(7-11)10-3-1-2-6-13-10/h1-3,6,9,14H,4-5,7-8,12H2. The molecule has 1 aliphatic carbocycles. The van der Waals surface area contributed by atoms with E-state index in [4.69, 9.17) is 5.73 Å². The number of nitrogens with zero attached hydrogens (tertiary/aromatic N) is 1. The van der Waals surface area contributed by atoms with Gasteiger partial charge < -0.3 is 10.8 Å². The normalized spacial score (nSPS) is 32.0. The maximum absolute atomic E-state index is 9.98. The molecule has 0 spiro atoms. The molecule has 1 aromatic rings. The van der Waals surface area contributed by atoms with E-state index in [2.05, 4.69) is 4.98 Å². The first-order valence-corrected chi connectivity index (χ1v) is 5.07. The Morgan fingerprint density at radius 1 is 1.57 bits per heavy atom. The lowest BCUT2D eigenvalue weighted by atomic mass is 9.98. The van der Waals surface area contributed by atoms with Crippen molar-refractivity contribution in [3.8, 4) is 0 Å². The smallest absolute Gasteiger partial charge is 0.0776 e. The van der Waals surface area contributed by atoms with Crippen LogP contribution in [0.25, 0.3) is 0 Å². The van der Waals surface area contributed by atoms with Crippen LogP contribution in [0.15, 0.2) is 24.4 Å². The van der Waals surface area contributed by atoms with E-state index in [1.807, 2.05) is 18.2 Å². The molecule has 14 heavy (non-hydrogen) atoms. The average molecular weight is 192 g/mol. The largest absolute Gasteiger partial charge is 0.389 e. The molecule has 3 heteroatoms. The van der Waals surface area contributed by atoms with Crippen LogP contribution in [0.4, 0.5) is 0 Å². The molecule has 76 valence electrons. The van der Waals surface area contributed by atoms with Crippen molar-refractivity contribution in [2.75, 3.05) is 6.54 Å². The van der Waals surface area contributed by atoms with Gasteiger partial charge in [0.05, 0.1) is 5.60 Å². The van der Waals surface area contributed by atoms with Crippen molar-refractivity contribution < 1.29 is 5.11 Å². The zero-order chi connectivity index (χ0) is 10.0. The van der Waals surface area contributed by atoms with E-state index < -0.39 is 5.60 Å². The van der Waals surface area contributed by atoms with Crippen molar-refractivity contribution in [3.63, 3.8) is 0 Å². The highest BCUT2D eigenvalue weighted by Crippen LogP contribution is 2.39. The third-order valence-corrected chi connectivity index (χ3v) is 3.07. The van der Waals surface area contributed by atoms with Gasteiger partial charge in [0.2, 0.25) is 0 Å². The van der Waals surface area contributed by atoms with Crippen molar-refractivity contribution in [2.24, 2.45) is 5.73 Å². The van der Waals surface area contributed by atoms with E-state index in [-0.39, 0.29) is 0 Å². The van der Waals surface area contributed by atoms with Gasteiger partial charge in [0, 0.05) is 24.4 Å². The Bertz CT molecular complexity index is 301. The van der Waals surface area contributed by atoms with Gasteiger partial charge in [-0.25, -0.2) is 0 Å². The summed E-state index contributed by atoms with van der Waals surface area (Å²) in [6.45, 7) is 0.357. The molecule has 3 nitrogen and oxygen atoms in total. The second kappa shape index (κ2) is 3.67. The Morgan fingerprint density at radius 3 is 3.00 bits per heavy atom. The van der Waals surface area contributed by atoms with Crippen LogP contribution in [-0.2, 0) is 0 Å². The fourth-order valence-electron chi connectivity index (χ4n) is 2.16. The van der Waals surface area contributed by atoms with Crippen molar-refractivity contribution in [1.29, 1.82) is 0 Å². The highest BCUT2D eigenvalue weighted by Gasteiger charge is 2.37. The minimum absolute atomic E-state index is 0.357. The average Bonchev–Trinajstić information content (AvgIpc) is 2.63. The predicted molar refractivity (Wildman–Crippen MR) is 54.8 cm³/mol. The summed E-state index contributed by atoms with van der Waals surface area (Å²) in [5.74, 6) is 0.379. The SMILES string of the molecule is NCC1(O)CCC(c2ccccn2)C1. The summed E-state index contributed by atoms with van der Waals surface area (Å²) in [6, 6.07) is 5.92. The Balaban J connectivity index is 2.10. The summed E-state index contributed by atoms with van der Waals surface area (Å²) >= 11 is 0. The first-order chi connectivity index (χ1) is 6.73. The molecular weight excluding hydrogens is 176 g/mol. The van der Waals surface area contributed by atoms with E-state index >= 15 is 0 Å². The molecule has 1 saturated carbocycles. The molecular formula is C11H16N2O. The number of rotatable bonds is 2. The predicted octanol–water partition coefficient (Wildman–Crippen LogP) is 1.04. The lowest BCUT2D eigenvalue weighted by Crippen LogP contribution is -2.34. The highest BCUT2D eigenvalue weighted by atomic mass is 16.3. The molecule has 0 aliphatic heterocycles. The summed E-state index contributed by atoms with van der Waals surface area (Å²) in [6.07, 6.45) is 4.34. The fraction of sp³-hybridized carbons (Fsp3) is 0.545. The van der Waals surface area contributed by atoms with Gasteiger partial charge in [-0.3, -0.25) is 4.98 Å². The van der Waals surface area contributed by atoms with Gasteiger partial charge in [-0.2, -0.15) is 0 Å². The van der Waals surface area contributed by atoms with Crippen molar-refractivity contribution in [2.45, 2.75) is 30.8 Å². The second-order valence-corrected chi connectivity index (χ2v) is 4.12. The highest BCUT2D eigenvalue weighted by molar-refractivity contribution is 5.13. The Labute approximate surface area is 84.0 Å². The number of aliphatic hydroxyl groups is 1. The Hall–Kier alpha value is -0.930. The summed E-state index contributed by atoms with van der Waals surface area (Å²) in [7, 11) is 0. The third-order valence-electron chi connectivity index (χ3n) is 3.07. The first kappa shape index (κ1) is 9.62. The first-order valence-electron chi connectivity index (χ1n) is 5.07. The van der Waals surface area contributed by atoms with Crippen molar-refractivity contribution in [3.05, 3.63) is 30.1 Å². The molecule has 2 rings (SSSR count). The Morgan fingerprint density at radius 2 is 2.43 bits per heavy atom. The number of hydrogen-bond donors (Lipinski definition) is 2. The molecule has 1 heterocycles. The van der Waals surface area contributed by atoms with E-state index in [9.17, 15) is 5.11 Å². The number of hydrogen-bond acceptors (Lipinski definition) is 3. The molecule has 2 atom stereocenters. The van der Waals surface area contributed by atoms with Crippen molar-refractivity contribution in [1.82, 2.24) is 4.98 Å².